The summed E-state index contributed by atoms with van der Waals surface area (Å²) in [4.78, 5) is 12.6. The summed E-state index contributed by atoms with van der Waals surface area (Å²) in [6, 6.07) is 9.46. The molecule has 0 N–H and O–H groups in total. The molecule has 0 saturated heterocycles. The molecule has 2 rings (SSSR count). The predicted molar refractivity (Wildman–Crippen MR) is 98.9 cm³/mol. The smallest absolute Gasteiger partial charge is 0.465 e. The van der Waals surface area contributed by atoms with Gasteiger partial charge in [0.1, 0.15) is 0 Å². The minimum atomic E-state index is -0.371. The maximum atomic E-state index is 11.5. The second kappa shape index (κ2) is 8.47. The van der Waals surface area contributed by atoms with E-state index in [0.717, 1.165) is 15.9 Å². The monoisotopic (exact) mass is 346 g/mol. The Morgan fingerprint density at radius 2 is 1.62 bits per heavy atom. The molecule has 0 spiro atoms. The van der Waals surface area contributed by atoms with E-state index >= 15 is 0 Å². The maximum absolute atomic E-state index is 11.5. The first-order valence-electron chi connectivity index (χ1n) is 7.98. The largest absolute Gasteiger partial charge is 0.495 e. The molecule has 0 amide bonds. The Bertz CT molecular complexity index is 654. The van der Waals surface area contributed by atoms with E-state index in [0.29, 0.717) is 5.56 Å². The van der Waals surface area contributed by atoms with Crippen LogP contribution >= 0.6 is 11.3 Å². The molecule has 0 bridgehead atoms. The van der Waals surface area contributed by atoms with Gasteiger partial charge in [-0.25, -0.2) is 4.79 Å². The molecule has 128 valence electrons. The lowest BCUT2D eigenvalue weighted by Crippen LogP contribution is -2.40. The number of carbonyl (C=O) groups is 1. The van der Waals surface area contributed by atoms with Crippen molar-refractivity contribution >= 4 is 29.9 Å². The van der Waals surface area contributed by atoms with Crippen LogP contribution in [0.3, 0.4) is 0 Å². The second-order valence-corrected chi connectivity index (χ2v) is 6.93. The highest BCUT2D eigenvalue weighted by Crippen LogP contribution is 2.25. The summed E-state index contributed by atoms with van der Waals surface area (Å²) in [5.41, 5.74) is 2.60. The molecule has 0 aliphatic heterocycles. The highest BCUT2D eigenvalue weighted by atomic mass is 32.1. The number of benzene rings is 1. The van der Waals surface area contributed by atoms with Gasteiger partial charge in [-0.05, 0) is 62.3 Å². The number of hydrogen-bond donors (Lipinski definition) is 0. The molecule has 0 aliphatic rings. The van der Waals surface area contributed by atoms with Crippen LogP contribution in [-0.4, -0.2) is 32.4 Å². The lowest BCUT2D eigenvalue weighted by atomic mass is 9.80. The fourth-order valence-electron chi connectivity index (χ4n) is 2.20. The van der Waals surface area contributed by atoms with Gasteiger partial charge in [-0.15, -0.1) is 11.3 Å². The number of hydrogen-bond acceptors (Lipinski definition) is 5. The van der Waals surface area contributed by atoms with E-state index in [2.05, 4.69) is 11.4 Å². The van der Waals surface area contributed by atoms with Crippen molar-refractivity contribution in [1.29, 1.82) is 0 Å². The summed E-state index contributed by atoms with van der Waals surface area (Å²) in [6.07, 6.45) is 0.160. The van der Waals surface area contributed by atoms with Gasteiger partial charge in [-0.3, -0.25) is 0 Å². The van der Waals surface area contributed by atoms with Gasteiger partial charge in [0.15, 0.2) is 0 Å². The minimum Gasteiger partial charge on any atom is -0.465 e. The Hall–Kier alpha value is -1.63. The van der Waals surface area contributed by atoms with E-state index < -0.39 is 0 Å². The van der Waals surface area contributed by atoms with Crippen molar-refractivity contribution in [2.75, 3.05) is 7.11 Å². The summed E-state index contributed by atoms with van der Waals surface area (Å²) in [6.45, 7) is 7.98. The average molecular weight is 346 g/mol. The van der Waals surface area contributed by atoms with E-state index in [1.54, 1.807) is 23.5 Å². The van der Waals surface area contributed by atoms with Crippen LogP contribution in [0.25, 0.3) is 10.4 Å². The van der Waals surface area contributed by atoms with Gasteiger partial charge in [0.25, 0.3) is 0 Å². The zero-order valence-electron chi connectivity index (χ0n) is 14.7. The molecule has 1 aromatic carbocycles. The van der Waals surface area contributed by atoms with E-state index in [-0.39, 0.29) is 25.3 Å². The van der Waals surface area contributed by atoms with Crippen molar-refractivity contribution in [1.82, 2.24) is 0 Å². The Balaban J connectivity index is 2.20. The first-order valence-corrected chi connectivity index (χ1v) is 8.86. The third kappa shape index (κ3) is 4.93. The van der Waals surface area contributed by atoms with E-state index in [4.69, 9.17) is 14.0 Å². The van der Waals surface area contributed by atoms with Gasteiger partial charge in [0, 0.05) is 17.1 Å². The van der Waals surface area contributed by atoms with Gasteiger partial charge in [0.2, 0.25) is 0 Å². The fraction of sp³-hybridized carbons (Fsp3) is 0.389. The molecule has 2 aromatic rings. The molecule has 1 aromatic heterocycles. The molecule has 6 heteroatoms. The molecule has 0 atom stereocenters. The van der Waals surface area contributed by atoms with Gasteiger partial charge >= 0.3 is 13.1 Å². The van der Waals surface area contributed by atoms with Crippen molar-refractivity contribution in [3.05, 3.63) is 41.3 Å². The molecule has 1 heterocycles. The maximum Gasteiger partial charge on any atom is 0.495 e. The highest BCUT2D eigenvalue weighted by molar-refractivity contribution is 7.14. The van der Waals surface area contributed by atoms with Crippen molar-refractivity contribution in [2.45, 2.75) is 39.9 Å². The summed E-state index contributed by atoms with van der Waals surface area (Å²) in [5, 5.41) is 2.05. The minimum absolute atomic E-state index is 0.0800. The Morgan fingerprint density at radius 1 is 1.04 bits per heavy atom. The van der Waals surface area contributed by atoms with Crippen molar-refractivity contribution in [2.24, 2.45) is 0 Å². The first kappa shape index (κ1) is 18.7. The third-order valence-corrected chi connectivity index (χ3v) is 4.27. The van der Waals surface area contributed by atoms with Crippen LogP contribution in [0.4, 0.5) is 0 Å². The molecule has 0 aliphatic carbocycles. The molecular weight excluding hydrogens is 323 g/mol. The Kier molecular flexibility index (Phi) is 6.60. The number of thiophene rings is 1. The van der Waals surface area contributed by atoms with Gasteiger partial charge < -0.3 is 14.0 Å². The van der Waals surface area contributed by atoms with Crippen LogP contribution in [0.1, 0.15) is 38.1 Å². The molecule has 0 unspecified atom stereocenters. The number of methoxy groups -OCH3 is 1. The van der Waals surface area contributed by atoms with E-state index in [9.17, 15) is 4.79 Å². The highest BCUT2D eigenvalue weighted by Gasteiger charge is 2.25. The molecule has 24 heavy (non-hydrogen) atoms. The lowest BCUT2D eigenvalue weighted by molar-refractivity contribution is 0.0600. The number of esters is 1. The zero-order chi connectivity index (χ0) is 17.7. The quantitative estimate of drug-likeness (QED) is 0.566. The van der Waals surface area contributed by atoms with Gasteiger partial charge in [0.05, 0.1) is 12.7 Å². The molecule has 0 saturated carbocycles. The van der Waals surface area contributed by atoms with Crippen LogP contribution < -0.4 is 5.46 Å². The Labute approximate surface area is 147 Å². The topological polar surface area (TPSA) is 44.8 Å². The fourth-order valence-corrected chi connectivity index (χ4v) is 3.12. The third-order valence-electron chi connectivity index (χ3n) is 3.27. The van der Waals surface area contributed by atoms with Gasteiger partial charge in [-0.2, -0.15) is 0 Å². The van der Waals surface area contributed by atoms with Gasteiger partial charge in [-0.1, -0.05) is 12.1 Å². The number of carbonyl (C=O) groups excluding carboxylic acids is 1. The first-order chi connectivity index (χ1) is 11.4. The molecular formula is C18H23BO4S. The van der Waals surface area contributed by atoms with E-state index in [1.807, 2.05) is 39.8 Å². The van der Waals surface area contributed by atoms with Crippen LogP contribution in [0.15, 0.2) is 35.7 Å². The molecule has 0 fully saturated rings. The number of rotatable bonds is 7. The lowest BCUT2D eigenvalue weighted by Gasteiger charge is -2.18. The number of ether oxygens (including phenoxy) is 1. The SMILES string of the molecule is COC(=O)c1ccc(-c2cc(B(OC(C)C)OC(C)C)cs2)cc1. The standard InChI is InChI=1S/C18H23BO4S/c1-12(2)22-19(23-13(3)4)16-10-17(24-11-16)14-6-8-15(9-7-14)18(20)21-5/h6-13H,1-5H3. The molecule has 4 nitrogen and oxygen atoms in total. The zero-order valence-corrected chi connectivity index (χ0v) is 15.6. The molecule has 0 radical (unpaired) electrons. The Morgan fingerprint density at radius 3 is 2.12 bits per heavy atom. The van der Waals surface area contributed by atoms with Crippen LogP contribution in [-0.2, 0) is 14.0 Å². The van der Waals surface area contributed by atoms with E-state index in [1.165, 1.54) is 7.11 Å². The summed E-state index contributed by atoms with van der Waals surface area (Å²) < 4.78 is 16.5. The average Bonchev–Trinajstić information content (AvgIpc) is 3.02. The van der Waals surface area contributed by atoms with Crippen LogP contribution in [0.5, 0.6) is 0 Å². The second-order valence-electron chi connectivity index (χ2n) is 6.01. The normalized spacial score (nSPS) is 11.1. The predicted octanol–water partition coefficient (Wildman–Crippen LogP) is 3.75. The van der Waals surface area contributed by atoms with Crippen molar-refractivity contribution in [3.63, 3.8) is 0 Å². The summed E-state index contributed by atoms with van der Waals surface area (Å²) in [7, 11) is 1.01. The van der Waals surface area contributed by atoms with Crippen molar-refractivity contribution in [3.8, 4) is 10.4 Å². The summed E-state index contributed by atoms with van der Waals surface area (Å²) >= 11 is 1.63. The van der Waals surface area contributed by atoms with Crippen LogP contribution in [0, 0.1) is 0 Å². The van der Waals surface area contributed by atoms with Crippen molar-refractivity contribution < 1.29 is 18.8 Å². The summed E-state index contributed by atoms with van der Waals surface area (Å²) in [5.74, 6) is -0.329. The van der Waals surface area contributed by atoms with Crippen LogP contribution in [0.2, 0.25) is 0 Å².